The molecule has 18 heavy (non-hydrogen) atoms. The van der Waals surface area contributed by atoms with Gasteiger partial charge in [-0.05, 0) is 45.1 Å². The van der Waals surface area contributed by atoms with Crippen LogP contribution < -0.4 is 5.32 Å². The molecule has 1 aromatic rings. The molecule has 2 saturated carbocycles. The van der Waals surface area contributed by atoms with Gasteiger partial charge in [-0.15, -0.1) is 11.8 Å². The smallest absolute Gasteiger partial charge is 0.114 e. The van der Waals surface area contributed by atoms with Crippen LogP contribution in [0, 0.1) is 18.3 Å². The first-order valence-electron chi connectivity index (χ1n) is 6.60. The second-order valence-corrected chi connectivity index (χ2v) is 6.78. The van der Waals surface area contributed by atoms with Crippen molar-refractivity contribution in [2.75, 3.05) is 0 Å². The van der Waals surface area contributed by atoms with Gasteiger partial charge in [-0.1, -0.05) is 0 Å². The zero-order chi connectivity index (χ0) is 12.6. The van der Waals surface area contributed by atoms with E-state index in [2.05, 4.69) is 11.4 Å². The second kappa shape index (κ2) is 4.64. The van der Waals surface area contributed by atoms with E-state index in [9.17, 15) is 5.26 Å². The molecular formula is C14H18N2OS. The van der Waals surface area contributed by atoms with Gasteiger partial charge in [-0.3, -0.25) is 5.32 Å². The van der Waals surface area contributed by atoms with Crippen LogP contribution in [-0.2, 0) is 0 Å². The predicted molar refractivity (Wildman–Crippen MR) is 71.4 cm³/mol. The highest BCUT2D eigenvalue weighted by Crippen LogP contribution is 2.42. The molecule has 1 aromatic heterocycles. The summed E-state index contributed by atoms with van der Waals surface area (Å²) in [4.78, 5) is 1.22. The van der Waals surface area contributed by atoms with E-state index in [1.165, 1.54) is 17.7 Å². The molecule has 2 fully saturated rings. The molecule has 0 spiro atoms. The van der Waals surface area contributed by atoms with Gasteiger partial charge in [0, 0.05) is 16.2 Å². The average Bonchev–Trinajstić information content (AvgIpc) is 2.94. The molecule has 96 valence electrons. The third kappa shape index (κ3) is 2.43. The maximum absolute atomic E-state index is 9.45. The molecule has 0 bridgehead atoms. The number of furan rings is 1. The van der Waals surface area contributed by atoms with E-state index in [-0.39, 0.29) is 5.54 Å². The minimum atomic E-state index is -0.267. The van der Waals surface area contributed by atoms with E-state index in [0.29, 0.717) is 11.3 Å². The number of rotatable bonds is 4. The molecule has 0 saturated heterocycles. The van der Waals surface area contributed by atoms with E-state index >= 15 is 0 Å². The Morgan fingerprint density at radius 3 is 2.94 bits per heavy atom. The largest absolute Gasteiger partial charge is 0.468 e. The van der Waals surface area contributed by atoms with E-state index < -0.39 is 0 Å². The lowest BCUT2D eigenvalue weighted by atomic mass is 10.00. The van der Waals surface area contributed by atoms with Gasteiger partial charge in [0.25, 0.3) is 0 Å². The Bertz CT molecular complexity index is 474. The molecule has 3 rings (SSSR count). The predicted octanol–water partition coefficient (Wildman–Crippen LogP) is 3.25. The third-order valence-electron chi connectivity index (χ3n) is 3.85. The molecule has 0 amide bonds. The molecule has 0 aliphatic heterocycles. The zero-order valence-corrected chi connectivity index (χ0v) is 11.4. The van der Waals surface area contributed by atoms with Crippen LogP contribution in [0.25, 0.3) is 0 Å². The van der Waals surface area contributed by atoms with Gasteiger partial charge in [0.15, 0.2) is 0 Å². The van der Waals surface area contributed by atoms with Crippen molar-refractivity contribution in [1.29, 1.82) is 5.26 Å². The van der Waals surface area contributed by atoms with Crippen LogP contribution in [0.1, 0.15) is 37.9 Å². The van der Waals surface area contributed by atoms with Crippen molar-refractivity contribution in [3.8, 4) is 6.07 Å². The SMILES string of the molecule is Cc1occc1SC1CCC(C#N)(NC2CC2)C1. The Labute approximate surface area is 112 Å². The van der Waals surface area contributed by atoms with Gasteiger partial charge in [0.1, 0.15) is 11.3 Å². The first-order chi connectivity index (χ1) is 8.71. The second-order valence-electron chi connectivity index (χ2n) is 5.44. The molecule has 1 heterocycles. The van der Waals surface area contributed by atoms with Gasteiger partial charge < -0.3 is 4.42 Å². The summed E-state index contributed by atoms with van der Waals surface area (Å²) in [5, 5.41) is 13.5. The van der Waals surface area contributed by atoms with Crippen molar-refractivity contribution >= 4 is 11.8 Å². The molecule has 3 nitrogen and oxygen atoms in total. The quantitative estimate of drug-likeness (QED) is 0.905. The summed E-state index contributed by atoms with van der Waals surface area (Å²) >= 11 is 1.86. The van der Waals surface area contributed by atoms with E-state index in [1.54, 1.807) is 6.26 Å². The monoisotopic (exact) mass is 262 g/mol. The van der Waals surface area contributed by atoms with Crippen molar-refractivity contribution in [1.82, 2.24) is 5.32 Å². The van der Waals surface area contributed by atoms with Crippen LogP contribution >= 0.6 is 11.8 Å². The summed E-state index contributed by atoms with van der Waals surface area (Å²) in [6.45, 7) is 2.00. The van der Waals surface area contributed by atoms with Crippen LogP contribution in [-0.4, -0.2) is 16.8 Å². The summed E-state index contributed by atoms with van der Waals surface area (Å²) in [6, 6.07) is 5.15. The van der Waals surface area contributed by atoms with Crippen LogP contribution in [0.5, 0.6) is 0 Å². The van der Waals surface area contributed by atoms with Crippen molar-refractivity contribution in [3.63, 3.8) is 0 Å². The van der Waals surface area contributed by atoms with Crippen molar-refractivity contribution in [3.05, 3.63) is 18.1 Å². The highest BCUT2D eigenvalue weighted by Gasteiger charge is 2.43. The van der Waals surface area contributed by atoms with E-state index in [1.807, 2.05) is 24.8 Å². The van der Waals surface area contributed by atoms with Gasteiger partial charge >= 0.3 is 0 Å². The lowest BCUT2D eigenvalue weighted by molar-refractivity contribution is 0.420. The molecular weight excluding hydrogens is 244 g/mol. The van der Waals surface area contributed by atoms with E-state index in [4.69, 9.17) is 4.42 Å². The summed E-state index contributed by atoms with van der Waals surface area (Å²) < 4.78 is 5.33. The number of nitrogens with zero attached hydrogens (tertiary/aromatic N) is 1. The highest BCUT2D eigenvalue weighted by atomic mass is 32.2. The molecule has 4 heteroatoms. The van der Waals surface area contributed by atoms with Crippen LogP contribution in [0.4, 0.5) is 0 Å². The number of hydrogen-bond donors (Lipinski definition) is 1. The van der Waals surface area contributed by atoms with Crippen molar-refractivity contribution < 1.29 is 4.42 Å². The molecule has 2 unspecified atom stereocenters. The van der Waals surface area contributed by atoms with Gasteiger partial charge in [0.2, 0.25) is 0 Å². The Balaban J connectivity index is 1.63. The summed E-state index contributed by atoms with van der Waals surface area (Å²) in [5.74, 6) is 0.990. The summed E-state index contributed by atoms with van der Waals surface area (Å²) in [5.41, 5.74) is -0.267. The summed E-state index contributed by atoms with van der Waals surface area (Å²) in [6.07, 6.45) is 7.27. The fourth-order valence-corrected chi connectivity index (χ4v) is 3.97. The Morgan fingerprint density at radius 2 is 2.33 bits per heavy atom. The molecule has 0 radical (unpaired) electrons. The number of nitrogens with one attached hydrogen (secondary N) is 1. The average molecular weight is 262 g/mol. The Hall–Kier alpha value is -0.920. The van der Waals surface area contributed by atoms with Crippen LogP contribution in [0.2, 0.25) is 0 Å². The number of aryl methyl sites for hydroxylation is 1. The molecule has 1 N–H and O–H groups in total. The Morgan fingerprint density at radius 1 is 1.50 bits per heavy atom. The zero-order valence-electron chi connectivity index (χ0n) is 10.6. The van der Waals surface area contributed by atoms with Crippen molar-refractivity contribution in [2.24, 2.45) is 0 Å². The maximum Gasteiger partial charge on any atom is 0.114 e. The van der Waals surface area contributed by atoms with Crippen LogP contribution in [0.15, 0.2) is 21.6 Å². The van der Waals surface area contributed by atoms with Gasteiger partial charge in [-0.2, -0.15) is 5.26 Å². The Kier molecular flexibility index (Phi) is 3.13. The van der Waals surface area contributed by atoms with E-state index in [0.717, 1.165) is 25.0 Å². The number of nitriles is 1. The summed E-state index contributed by atoms with van der Waals surface area (Å²) in [7, 11) is 0. The maximum atomic E-state index is 9.45. The molecule has 2 atom stereocenters. The standard InChI is InChI=1S/C14H18N2OS/c1-10-13(5-7-17-10)18-12-4-6-14(8-12,9-15)16-11-2-3-11/h5,7,11-12,16H,2-4,6,8H2,1H3. The minimum Gasteiger partial charge on any atom is -0.468 e. The highest BCUT2D eigenvalue weighted by molar-refractivity contribution is 8.00. The van der Waals surface area contributed by atoms with Crippen molar-refractivity contribution in [2.45, 2.75) is 60.8 Å². The molecule has 2 aliphatic rings. The fourth-order valence-electron chi connectivity index (χ4n) is 2.66. The molecule has 2 aliphatic carbocycles. The normalized spacial score (nSPS) is 31.4. The number of hydrogen-bond acceptors (Lipinski definition) is 4. The topological polar surface area (TPSA) is 49.0 Å². The first kappa shape index (κ1) is 12.1. The molecule has 0 aromatic carbocycles. The lowest BCUT2D eigenvalue weighted by Gasteiger charge is -2.22. The van der Waals surface area contributed by atoms with Gasteiger partial charge in [-0.25, -0.2) is 0 Å². The first-order valence-corrected chi connectivity index (χ1v) is 7.48. The minimum absolute atomic E-state index is 0.267. The van der Waals surface area contributed by atoms with Crippen LogP contribution in [0.3, 0.4) is 0 Å². The third-order valence-corrected chi connectivity index (χ3v) is 5.26. The number of thioether (sulfide) groups is 1. The fraction of sp³-hybridized carbons (Fsp3) is 0.643. The van der Waals surface area contributed by atoms with Gasteiger partial charge in [0.05, 0.1) is 12.3 Å². The lowest BCUT2D eigenvalue weighted by Crippen LogP contribution is -2.43.